The van der Waals surface area contributed by atoms with Gasteiger partial charge in [-0.15, -0.1) is 5.10 Å². The molecule has 0 aliphatic carbocycles. The SMILES string of the molecule is COc1ccccc1CNc1nncc(Nc2ccc(N3CCCC3)cc2)n1. The van der Waals surface area contributed by atoms with Gasteiger partial charge >= 0.3 is 0 Å². The van der Waals surface area contributed by atoms with Gasteiger partial charge in [0.05, 0.1) is 13.3 Å². The summed E-state index contributed by atoms with van der Waals surface area (Å²) < 4.78 is 5.37. The predicted octanol–water partition coefficient (Wildman–Crippen LogP) is 3.84. The molecule has 1 fully saturated rings. The average Bonchev–Trinajstić information content (AvgIpc) is 3.28. The maximum absolute atomic E-state index is 5.37. The largest absolute Gasteiger partial charge is 0.496 e. The molecular weight excluding hydrogens is 352 g/mol. The number of methoxy groups -OCH3 is 1. The Morgan fingerprint density at radius 3 is 2.61 bits per heavy atom. The summed E-state index contributed by atoms with van der Waals surface area (Å²) in [7, 11) is 1.66. The van der Waals surface area contributed by atoms with Crippen LogP contribution in [-0.2, 0) is 6.54 Å². The first-order valence-corrected chi connectivity index (χ1v) is 9.49. The molecular formula is C21H24N6O. The van der Waals surface area contributed by atoms with Crippen LogP contribution < -0.4 is 20.3 Å². The first kappa shape index (κ1) is 18.0. The number of nitrogens with zero attached hydrogens (tertiary/aromatic N) is 4. The van der Waals surface area contributed by atoms with Crippen LogP contribution in [0.2, 0.25) is 0 Å². The minimum atomic E-state index is 0.463. The van der Waals surface area contributed by atoms with Gasteiger partial charge in [0, 0.05) is 36.6 Å². The Balaban J connectivity index is 1.39. The lowest BCUT2D eigenvalue weighted by molar-refractivity contribution is 0.410. The van der Waals surface area contributed by atoms with Crippen LogP contribution in [0.15, 0.2) is 54.7 Å². The molecule has 0 radical (unpaired) electrons. The number of benzene rings is 2. The zero-order valence-corrected chi connectivity index (χ0v) is 15.9. The summed E-state index contributed by atoms with van der Waals surface area (Å²) in [6.07, 6.45) is 4.16. The Hall–Kier alpha value is -3.35. The van der Waals surface area contributed by atoms with E-state index in [1.54, 1.807) is 13.3 Å². The van der Waals surface area contributed by atoms with Crippen molar-refractivity contribution < 1.29 is 4.74 Å². The molecule has 0 saturated carbocycles. The monoisotopic (exact) mass is 376 g/mol. The zero-order valence-electron chi connectivity index (χ0n) is 15.9. The topological polar surface area (TPSA) is 75.2 Å². The van der Waals surface area contributed by atoms with Crippen LogP contribution in [0.25, 0.3) is 0 Å². The van der Waals surface area contributed by atoms with Crippen molar-refractivity contribution >= 4 is 23.1 Å². The van der Waals surface area contributed by atoms with Gasteiger partial charge in [-0.1, -0.05) is 18.2 Å². The summed E-state index contributed by atoms with van der Waals surface area (Å²) in [5.74, 6) is 1.94. The van der Waals surface area contributed by atoms with Crippen molar-refractivity contribution in [3.63, 3.8) is 0 Å². The molecule has 1 saturated heterocycles. The van der Waals surface area contributed by atoms with Crippen LogP contribution in [-0.4, -0.2) is 35.4 Å². The third-order valence-corrected chi connectivity index (χ3v) is 4.80. The molecule has 1 aromatic heterocycles. The predicted molar refractivity (Wildman–Crippen MR) is 111 cm³/mol. The number of para-hydroxylation sites is 1. The van der Waals surface area contributed by atoms with Crippen molar-refractivity contribution in [2.24, 2.45) is 0 Å². The molecule has 1 aliphatic rings. The van der Waals surface area contributed by atoms with Gasteiger partial charge in [0.25, 0.3) is 0 Å². The van der Waals surface area contributed by atoms with E-state index in [0.29, 0.717) is 18.3 Å². The van der Waals surface area contributed by atoms with E-state index in [1.807, 2.05) is 24.3 Å². The molecule has 2 N–H and O–H groups in total. The minimum Gasteiger partial charge on any atom is -0.496 e. The lowest BCUT2D eigenvalue weighted by atomic mass is 10.2. The number of aromatic nitrogens is 3. The third kappa shape index (κ3) is 4.31. The zero-order chi connectivity index (χ0) is 19.2. The molecule has 0 spiro atoms. The Kier molecular flexibility index (Phi) is 5.51. The Morgan fingerprint density at radius 2 is 1.82 bits per heavy atom. The van der Waals surface area contributed by atoms with Crippen molar-refractivity contribution in [1.82, 2.24) is 15.2 Å². The molecule has 0 amide bonds. The van der Waals surface area contributed by atoms with Crippen molar-refractivity contribution in [3.8, 4) is 5.75 Å². The number of rotatable bonds is 7. The van der Waals surface area contributed by atoms with Crippen molar-refractivity contribution in [2.45, 2.75) is 19.4 Å². The molecule has 2 aromatic carbocycles. The first-order valence-electron chi connectivity index (χ1n) is 9.49. The van der Waals surface area contributed by atoms with Crippen LogP contribution in [0.1, 0.15) is 18.4 Å². The van der Waals surface area contributed by atoms with E-state index in [9.17, 15) is 0 Å². The van der Waals surface area contributed by atoms with E-state index in [1.165, 1.54) is 18.5 Å². The fourth-order valence-corrected chi connectivity index (χ4v) is 3.34. The normalized spacial score (nSPS) is 13.4. The van der Waals surface area contributed by atoms with Crippen molar-refractivity contribution in [3.05, 3.63) is 60.3 Å². The standard InChI is InChI=1S/C21H24N6O/c1-28-19-7-3-2-6-16(19)14-22-21-25-20(15-23-26-21)24-17-8-10-18(11-9-17)27-12-4-5-13-27/h2-3,6-11,15H,4-5,12-14H2,1H3,(H2,22,24,25,26). The quantitative estimate of drug-likeness (QED) is 0.649. The molecule has 0 unspecified atom stereocenters. The van der Waals surface area contributed by atoms with Crippen molar-refractivity contribution in [2.75, 3.05) is 35.7 Å². The second-order valence-corrected chi connectivity index (χ2v) is 6.70. The van der Waals surface area contributed by atoms with Gasteiger partial charge in [-0.05, 0) is 43.2 Å². The van der Waals surface area contributed by atoms with E-state index in [-0.39, 0.29) is 0 Å². The molecule has 0 atom stereocenters. The molecule has 4 rings (SSSR count). The molecule has 7 heteroatoms. The van der Waals surface area contributed by atoms with Gasteiger partial charge in [-0.2, -0.15) is 10.1 Å². The fourth-order valence-electron chi connectivity index (χ4n) is 3.34. The Labute approximate surface area is 164 Å². The number of nitrogens with one attached hydrogen (secondary N) is 2. The van der Waals surface area contributed by atoms with E-state index in [0.717, 1.165) is 30.1 Å². The van der Waals surface area contributed by atoms with Crippen LogP contribution >= 0.6 is 0 Å². The summed E-state index contributed by atoms with van der Waals surface area (Å²) in [6.45, 7) is 2.84. The fraction of sp³-hybridized carbons (Fsp3) is 0.286. The highest BCUT2D eigenvalue weighted by Gasteiger charge is 2.12. The van der Waals surface area contributed by atoms with Gasteiger partial charge in [-0.3, -0.25) is 0 Å². The maximum atomic E-state index is 5.37. The number of hydrogen-bond acceptors (Lipinski definition) is 7. The van der Waals surface area contributed by atoms with Gasteiger partial charge in [0.1, 0.15) is 5.75 Å². The van der Waals surface area contributed by atoms with E-state index >= 15 is 0 Å². The Bertz CT molecular complexity index is 909. The second-order valence-electron chi connectivity index (χ2n) is 6.70. The number of hydrogen-bond donors (Lipinski definition) is 2. The van der Waals surface area contributed by atoms with Crippen LogP contribution in [0.3, 0.4) is 0 Å². The first-order chi connectivity index (χ1) is 13.8. The maximum Gasteiger partial charge on any atom is 0.244 e. The molecule has 1 aliphatic heterocycles. The van der Waals surface area contributed by atoms with Gasteiger partial charge in [0.15, 0.2) is 5.82 Å². The summed E-state index contributed by atoms with van der Waals surface area (Å²) >= 11 is 0. The highest BCUT2D eigenvalue weighted by atomic mass is 16.5. The summed E-state index contributed by atoms with van der Waals surface area (Å²) in [4.78, 5) is 6.90. The number of anilines is 4. The smallest absolute Gasteiger partial charge is 0.244 e. The van der Waals surface area contributed by atoms with Gasteiger partial charge in [0.2, 0.25) is 5.95 Å². The van der Waals surface area contributed by atoms with Gasteiger partial charge in [-0.25, -0.2) is 0 Å². The molecule has 0 bridgehead atoms. The summed E-state index contributed by atoms with van der Waals surface area (Å²) in [6, 6.07) is 16.3. The molecule has 2 heterocycles. The average molecular weight is 376 g/mol. The Morgan fingerprint density at radius 1 is 1.04 bits per heavy atom. The molecule has 7 nitrogen and oxygen atoms in total. The summed E-state index contributed by atoms with van der Waals surface area (Å²) in [5, 5.41) is 14.6. The minimum absolute atomic E-state index is 0.463. The van der Waals surface area contributed by atoms with Crippen molar-refractivity contribution in [1.29, 1.82) is 0 Å². The van der Waals surface area contributed by atoms with Crippen LogP contribution in [0.5, 0.6) is 5.75 Å². The van der Waals surface area contributed by atoms with E-state index in [4.69, 9.17) is 4.74 Å². The lowest BCUT2D eigenvalue weighted by Gasteiger charge is -2.17. The summed E-state index contributed by atoms with van der Waals surface area (Å²) in [5.41, 5.74) is 3.27. The lowest BCUT2D eigenvalue weighted by Crippen LogP contribution is -2.17. The molecule has 28 heavy (non-hydrogen) atoms. The van der Waals surface area contributed by atoms with Crippen LogP contribution in [0, 0.1) is 0 Å². The molecule has 144 valence electrons. The highest BCUT2D eigenvalue weighted by Crippen LogP contribution is 2.23. The second kappa shape index (κ2) is 8.56. The van der Waals surface area contributed by atoms with Gasteiger partial charge < -0.3 is 20.3 Å². The third-order valence-electron chi connectivity index (χ3n) is 4.80. The van der Waals surface area contributed by atoms with Crippen LogP contribution in [0.4, 0.5) is 23.1 Å². The highest BCUT2D eigenvalue weighted by molar-refractivity contribution is 5.61. The van der Waals surface area contributed by atoms with E-state index < -0.39 is 0 Å². The van der Waals surface area contributed by atoms with E-state index in [2.05, 4.69) is 55.0 Å². The number of ether oxygens (including phenoxy) is 1. The molecule has 3 aromatic rings.